The van der Waals surface area contributed by atoms with Crippen LogP contribution >= 0.6 is 0 Å². The molecule has 1 nitrogen and oxygen atoms in total. The predicted octanol–water partition coefficient (Wildman–Crippen LogP) is -4.89. The van der Waals surface area contributed by atoms with Crippen LogP contribution in [-0.4, -0.2) is 118 Å². The van der Waals surface area contributed by atoms with Crippen LogP contribution in [0.4, 0.5) is 0 Å². The average molecular weight is 744 g/mol. The van der Waals surface area contributed by atoms with Gasteiger partial charge in [-0.05, 0) is 94.7 Å². The molecule has 0 saturated carbocycles. The van der Waals surface area contributed by atoms with E-state index in [4.69, 9.17) is 122 Å². The van der Waals surface area contributed by atoms with E-state index in [1.54, 1.807) is 0 Å². The second kappa shape index (κ2) is 14.4. The van der Waals surface area contributed by atoms with Gasteiger partial charge in [0.05, 0.1) is 0 Å². The summed E-state index contributed by atoms with van der Waals surface area (Å²) in [6.45, 7) is 0. The predicted molar refractivity (Wildman–Crippen MR) is 281 cm³/mol. The van der Waals surface area contributed by atoms with Gasteiger partial charge in [0, 0.05) is 10.8 Å². The first-order valence-electron chi connectivity index (χ1n) is 19.3. The SMILES string of the molecule is [B]c1c([B])c([B])c2c(-c3c4c([B])c([B])c([B])c([B])c4c(-c4ccc(-c5ccc6oc7ccccc7c6c5)c5ccccc45)c4c([B])c([B])c([B])c([B])c34)c([B])c([B])c([B])c2c1[B]. The Hall–Kier alpha value is -5.21. The van der Waals surface area contributed by atoms with Crippen LogP contribution in [0.25, 0.3) is 98.4 Å². The summed E-state index contributed by atoms with van der Waals surface area (Å²) in [4.78, 5) is 0. The van der Waals surface area contributed by atoms with Crippen LogP contribution in [-0.2, 0) is 0 Å². The molecule has 0 atom stereocenters. The van der Waals surface area contributed by atoms with Crippen molar-refractivity contribution in [1.82, 2.24) is 0 Å². The van der Waals surface area contributed by atoms with Gasteiger partial charge in [0.2, 0.25) is 0 Å². The standard InChI is InChI=1S/C46H13B15O/c47-32-25-23(19-11-10-15(16-5-1-2-6-17(16)19)14-9-12-22-20(13-14)18-7-3-4-8-21(18)62-22)26-28(36(51)44(59)42(57)33(26)48)24(27(25)35(50)43(58)41(32)56)29-30-31(38(53)40(55)34(29)49)39(54)46(61)45(60)37(30)52/h1-13H. The van der Waals surface area contributed by atoms with Crippen molar-refractivity contribution in [1.29, 1.82) is 0 Å². The Morgan fingerprint density at radius 2 is 0.629 bits per heavy atom. The lowest BCUT2D eigenvalue weighted by atomic mass is 9.56. The smallest absolute Gasteiger partial charge is 0.135 e. The summed E-state index contributed by atoms with van der Waals surface area (Å²) in [5.74, 6) is 0. The van der Waals surface area contributed by atoms with Crippen molar-refractivity contribution >= 4 is 265 Å². The quantitative estimate of drug-likeness (QED) is 0.131. The summed E-state index contributed by atoms with van der Waals surface area (Å²) in [6, 6.07) is 26.0. The van der Waals surface area contributed by atoms with E-state index in [-0.39, 0.29) is 115 Å². The van der Waals surface area contributed by atoms with E-state index < -0.39 is 0 Å². The molecule has 0 aliphatic heterocycles. The monoisotopic (exact) mass is 746 g/mol. The maximum Gasteiger partial charge on any atom is 0.135 e. The van der Waals surface area contributed by atoms with Crippen LogP contribution < -0.4 is 81.9 Å². The van der Waals surface area contributed by atoms with Crippen molar-refractivity contribution in [2.45, 2.75) is 0 Å². The third kappa shape index (κ3) is 5.44. The zero-order valence-electron chi connectivity index (χ0n) is 33.1. The lowest BCUT2D eigenvalue weighted by molar-refractivity contribution is 0.669. The van der Waals surface area contributed by atoms with Crippen molar-refractivity contribution in [3.8, 4) is 33.4 Å². The molecular weight excluding hydrogens is 731 g/mol. The molecule has 0 amide bonds. The highest BCUT2D eigenvalue weighted by Crippen LogP contribution is 2.45. The van der Waals surface area contributed by atoms with Crippen molar-refractivity contribution in [2.24, 2.45) is 0 Å². The number of furan rings is 1. The van der Waals surface area contributed by atoms with Gasteiger partial charge >= 0.3 is 0 Å². The molecule has 10 aromatic rings. The second-order valence-corrected chi connectivity index (χ2v) is 15.6. The van der Waals surface area contributed by atoms with Crippen molar-refractivity contribution in [3.63, 3.8) is 0 Å². The summed E-state index contributed by atoms with van der Waals surface area (Å²) in [6.07, 6.45) is 0. The fourth-order valence-electron chi connectivity index (χ4n) is 9.31. The molecule has 0 unspecified atom stereocenters. The Morgan fingerprint density at radius 3 is 1.15 bits per heavy atom. The molecule has 30 radical (unpaired) electrons. The van der Waals surface area contributed by atoms with Crippen LogP contribution in [0.5, 0.6) is 0 Å². The van der Waals surface area contributed by atoms with E-state index in [1.165, 1.54) is 0 Å². The first-order valence-corrected chi connectivity index (χ1v) is 19.3. The molecule has 0 N–H and O–H groups in total. The molecule has 0 fully saturated rings. The minimum Gasteiger partial charge on any atom is -0.456 e. The van der Waals surface area contributed by atoms with E-state index in [9.17, 15) is 0 Å². The van der Waals surface area contributed by atoms with Crippen LogP contribution in [0.3, 0.4) is 0 Å². The number of fused-ring (bicyclic) bond motifs is 7. The van der Waals surface area contributed by atoms with Crippen molar-refractivity contribution in [3.05, 3.63) is 78.9 Å². The zero-order chi connectivity index (χ0) is 44.0. The van der Waals surface area contributed by atoms with Gasteiger partial charge in [0.1, 0.15) is 129 Å². The number of benzene rings is 9. The molecule has 0 aliphatic rings. The van der Waals surface area contributed by atoms with E-state index in [0.717, 1.165) is 43.8 Å². The molecule has 9 aromatic carbocycles. The zero-order valence-corrected chi connectivity index (χ0v) is 33.1. The van der Waals surface area contributed by atoms with Crippen molar-refractivity contribution < 1.29 is 4.42 Å². The second-order valence-electron chi connectivity index (χ2n) is 15.6. The third-order valence-electron chi connectivity index (χ3n) is 12.5. The number of rotatable bonds is 3. The Kier molecular flexibility index (Phi) is 9.50. The lowest BCUT2D eigenvalue weighted by Gasteiger charge is -2.32. The highest BCUT2D eigenvalue weighted by Gasteiger charge is 2.28. The Bertz CT molecular complexity index is 3620. The molecule has 0 aliphatic carbocycles. The largest absolute Gasteiger partial charge is 0.456 e. The Morgan fingerprint density at radius 1 is 0.258 bits per heavy atom. The van der Waals surface area contributed by atoms with Gasteiger partial charge in [-0.2, -0.15) is 0 Å². The molecule has 0 saturated heterocycles. The topological polar surface area (TPSA) is 13.1 Å². The van der Waals surface area contributed by atoms with Crippen molar-refractivity contribution in [2.75, 3.05) is 0 Å². The van der Waals surface area contributed by atoms with Gasteiger partial charge in [-0.3, -0.25) is 0 Å². The molecule has 1 aromatic heterocycles. The van der Waals surface area contributed by atoms with E-state index >= 15 is 0 Å². The molecule has 62 heavy (non-hydrogen) atoms. The normalized spacial score (nSPS) is 11.9. The molecule has 248 valence electrons. The van der Waals surface area contributed by atoms with Gasteiger partial charge in [0.25, 0.3) is 0 Å². The maximum atomic E-state index is 7.12. The molecule has 0 spiro atoms. The summed E-state index contributed by atoms with van der Waals surface area (Å²) in [7, 11) is 102. The van der Waals surface area contributed by atoms with Gasteiger partial charge in [-0.15, -0.1) is 38.2 Å². The summed E-state index contributed by atoms with van der Waals surface area (Å²) >= 11 is 0. The number of hydrogen-bond donors (Lipinski definition) is 0. The minimum atomic E-state index is -0.0405. The third-order valence-corrected chi connectivity index (χ3v) is 12.5. The fourth-order valence-corrected chi connectivity index (χ4v) is 9.31. The van der Waals surface area contributed by atoms with Crippen LogP contribution in [0, 0.1) is 0 Å². The first kappa shape index (κ1) is 40.8. The minimum absolute atomic E-state index is 0.00131. The van der Waals surface area contributed by atoms with E-state index in [2.05, 4.69) is 6.07 Å². The van der Waals surface area contributed by atoms with Gasteiger partial charge < -0.3 is 4.42 Å². The first-order chi connectivity index (χ1) is 29.6. The summed E-state index contributed by atoms with van der Waals surface area (Å²) in [5.41, 5.74) is 5.18. The maximum absolute atomic E-state index is 7.12. The molecular formula is C46H13B15O. The fraction of sp³-hybridized carbons (Fsp3) is 0. The van der Waals surface area contributed by atoms with Crippen LogP contribution in [0.15, 0.2) is 83.3 Å². The Balaban J connectivity index is 1.44. The van der Waals surface area contributed by atoms with Gasteiger partial charge in [0.15, 0.2) is 0 Å². The van der Waals surface area contributed by atoms with E-state index in [1.807, 2.05) is 72.8 Å². The lowest BCUT2D eigenvalue weighted by Crippen LogP contribution is -2.53. The summed E-state index contributed by atoms with van der Waals surface area (Å²) in [5, 5.41) is 5.29. The molecule has 1 heterocycles. The van der Waals surface area contributed by atoms with Crippen LogP contribution in [0.1, 0.15) is 0 Å². The van der Waals surface area contributed by atoms with Crippen LogP contribution in [0.2, 0.25) is 0 Å². The average Bonchev–Trinajstić information content (AvgIpc) is 3.66. The summed E-state index contributed by atoms with van der Waals surface area (Å²) < 4.78 is 6.15. The van der Waals surface area contributed by atoms with E-state index in [0.29, 0.717) is 21.9 Å². The number of para-hydroxylation sites is 1. The molecule has 0 bridgehead atoms. The Labute approximate surface area is 379 Å². The highest BCUT2D eigenvalue weighted by atomic mass is 16.3. The molecule has 16 heteroatoms. The number of hydrogen-bond acceptors (Lipinski definition) is 1. The molecule has 10 rings (SSSR count). The van der Waals surface area contributed by atoms with Gasteiger partial charge in [-0.25, -0.2) is 0 Å². The van der Waals surface area contributed by atoms with Gasteiger partial charge in [-0.1, -0.05) is 104 Å². The highest BCUT2D eigenvalue weighted by molar-refractivity contribution is 6.75.